The number of nitrogens with two attached hydrogens (primary N) is 1. The lowest BCUT2D eigenvalue weighted by atomic mass is 9.86. The van der Waals surface area contributed by atoms with Gasteiger partial charge in [0.05, 0.1) is 6.04 Å². The van der Waals surface area contributed by atoms with Gasteiger partial charge in [-0.1, -0.05) is 33.6 Å². The van der Waals surface area contributed by atoms with Crippen molar-refractivity contribution in [1.82, 2.24) is 4.90 Å². The summed E-state index contributed by atoms with van der Waals surface area (Å²) in [6.07, 6.45) is 4.76. The third kappa shape index (κ3) is 2.94. The van der Waals surface area contributed by atoms with Crippen molar-refractivity contribution >= 4 is 5.91 Å². The van der Waals surface area contributed by atoms with Crippen LogP contribution in [-0.4, -0.2) is 29.9 Å². The minimum absolute atomic E-state index is 0.0920. The van der Waals surface area contributed by atoms with E-state index in [-0.39, 0.29) is 17.4 Å². The number of likely N-dealkylation sites (N-methyl/N-ethyl adjacent to an activating group) is 1. The number of rotatable bonds is 2. The van der Waals surface area contributed by atoms with Crippen molar-refractivity contribution in [3.63, 3.8) is 0 Å². The molecule has 0 bridgehead atoms. The first-order valence-corrected chi connectivity index (χ1v) is 5.86. The number of amides is 1. The molecule has 3 nitrogen and oxygen atoms in total. The van der Waals surface area contributed by atoms with Crippen LogP contribution in [0.15, 0.2) is 0 Å². The van der Waals surface area contributed by atoms with Crippen LogP contribution in [0.5, 0.6) is 0 Å². The van der Waals surface area contributed by atoms with E-state index in [1.54, 1.807) is 0 Å². The molecule has 1 saturated carbocycles. The van der Waals surface area contributed by atoms with E-state index in [1.807, 2.05) is 32.7 Å². The molecule has 0 unspecified atom stereocenters. The number of hydrogen-bond donors (Lipinski definition) is 1. The van der Waals surface area contributed by atoms with Crippen molar-refractivity contribution in [1.29, 1.82) is 0 Å². The highest BCUT2D eigenvalue weighted by Gasteiger charge is 2.33. The lowest BCUT2D eigenvalue weighted by Gasteiger charge is -2.33. The van der Waals surface area contributed by atoms with Gasteiger partial charge >= 0.3 is 0 Å². The van der Waals surface area contributed by atoms with Crippen molar-refractivity contribution in [3.05, 3.63) is 0 Å². The Kier molecular flexibility index (Phi) is 3.77. The first-order chi connectivity index (χ1) is 6.84. The van der Waals surface area contributed by atoms with E-state index in [2.05, 4.69) is 0 Å². The molecule has 1 aliphatic carbocycles. The number of carbonyl (C=O) groups excluding carboxylic acids is 1. The van der Waals surface area contributed by atoms with E-state index in [4.69, 9.17) is 5.73 Å². The van der Waals surface area contributed by atoms with Gasteiger partial charge in [-0.2, -0.15) is 0 Å². The monoisotopic (exact) mass is 212 g/mol. The van der Waals surface area contributed by atoms with Crippen LogP contribution in [0, 0.1) is 5.41 Å². The molecule has 0 aliphatic heterocycles. The van der Waals surface area contributed by atoms with Gasteiger partial charge in [0, 0.05) is 13.1 Å². The fourth-order valence-corrected chi connectivity index (χ4v) is 2.06. The number of hydrogen-bond acceptors (Lipinski definition) is 2. The normalized spacial score (nSPS) is 20.3. The lowest BCUT2D eigenvalue weighted by Crippen LogP contribution is -2.51. The standard InChI is InChI=1S/C12H24N2O/c1-12(2,3)10(13)11(15)14(4)9-7-5-6-8-9/h9-10H,5-8,13H2,1-4H3/t10-/m0/s1. The zero-order valence-corrected chi connectivity index (χ0v) is 10.4. The Labute approximate surface area is 93.0 Å². The van der Waals surface area contributed by atoms with E-state index in [0.717, 1.165) is 12.8 Å². The lowest BCUT2D eigenvalue weighted by molar-refractivity contribution is -0.135. The van der Waals surface area contributed by atoms with Crippen LogP contribution < -0.4 is 5.73 Å². The van der Waals surface area contributed by atoms with Crippen molar-refractivity contribution in [2.24, 2.45) is 11.1 Å². The van der Waals surface area contributed by atoms with Gasteiger partial charge in [-0.25, -0.2) is 0 Å². The van der Waals surface area contributed by atoms with Crippen molar-refractivity contribution in [2.75, 3.05) is 7.05 Å². The van der Waals surface area contributed by atoms with Crippen LogP contribution in [0.25, 0.3) is 0 Å². The molecular formula is C12H24N2O. The van der Waals surface area contributed by atoms with Crippen LogP contribution in [-0.2, 0) is 4.79 Å². The summed E-state index contributed by atoms with van der Waals surface area (Å²) in [7, 11) is 1.89. The Morgan fingerprint density at radius 3 is 2.20 bits per heavy atom. The molecule has 0 aromatic heterocycles. The fraction of sp³-hybridized carbons (Fsp3) is 0.917. The third-order valence-corrected chi connectivity index (χ3v) is 3.42. The first-order valence-electron chi connectivity index (χ1n) is 5.86. The second-order valence-corrected chi connectivity index (χ2v) is 5.73. The Hall–Kier alpha value is -0.570. The predicted molar refractivity (Wildman–Crippen MR) is 62.5 cm³/mol. The van der Waals surface area contributed by atoms with Crippen LogP contribution in [0.2, 0.25) is 0 Å². The largest absolute Gasteiger partial charge is 0.341 e. The van der Waals surface area contributed by atoms with Gasteiger partial charge in [-0.05, 0) is 18.3 Å². The van der Waals surface area contributed by atoms with Crippen LogP contribution in [0.1, 0.15) is 46.5 Å². The highest BCUT2D eigenvalue weighted by Crippen LogP contribution is 2.25. The molecule has 1 rings (SSSR count). The highest BCUT2D eigenvalue weighted by atomic mass is 16.2. The maximum atomic E-state index is 12.1. The van der Waals surface area contributed by atoms with E-state index in [0.29, 0.717) is 6.04 Å². The topological polar surface area (TPSA) is 46.3 Å². The maximum Gasteiger partial charge on any atom is 0.240 e. The second-order valence-electron chi connectivity index (χ2n) is 5.73. The molecule has 0 aromatic rings. The molecule has 3 heteroatoms. The van der Waals surface area contributed by atoms with Gasteiger partial charge in [-0.3, -0.25) is 4.79 Å². The minimum atomic E-state index is -0.386. The molecule has 0 aromatic carbocycles. The molecule has 1 amide bonds. The molecule has 15 heavy (non-hydrogen) atoms. The number of carbonyl (C=O) groups is 1. The average molecular weight is 212 g/mol. The summed E-state index contributed by atoms with van der Waals surface area (Å²) >= 11 is 0. The zero-order valence-electron chi connectivity index (χ0n) is 10.4. The van der Waals surface area contributed by atoms with Gasteiger partial charge in [0.2, 0.25) is 5.91 Å². The van der Waals surface area contributed by atoms with Crippen LogP contribution >= 0.6 is 0 Å². The molecular weight excluding hydrogens is 188 g/mol. The second kappa shape index (κ2) is 4.52. The summed E-state index contributed by atoms with van der Waals surface area (Å²) in [5.74, 6) is 0.0920. The number of nitrogens with zero attached hydrogens (tertiary/aromatic N) is 1. The Bertz CT molecular complexity index is 226. The Balaban J connectivity index is 2.59. The smallest absolute Gasteiger partial charge is 0.240 e. The summed E-state index contributed by atoms with van der Waals surface area (Å²) in [6, 6.07) is 0.0361. The Morgan fingerprint density at radius 2 is 1.80 bits per heavy atom. The first kappa shape index (κ1) is 12.5. The quantitative estimate of drug-likeness (QED) is 0.758. The highest BCUT2D eigenvalue weighted by molar-refractivity contribution is 5.82. The summed E-state index contributed by atoms with van der Waals surface area (Å²) in [6.45, 7) is 6.04. The molecule has 0 saturated heterocycles. The fourth-order valence-electron chi connectivity index (χ4n) is 2.06. The van der Waals surface area contributed by atoms with Crippen LogP contribution in [0.3, 0.4) is 0 Å². The van der Waals surface area contributed by atoms with Crippen molar-refractivity contribution < 1.29 is 4.79 Å². The summed E-state index contributed by atoms with van der Waals surface area (Å²) in [5.41, 5.74) is 5.82. The van der Waals surface area contributed by atoms with Gasteiger partial charge in [0.15, 0.2) is 0 Å². The van der Waals surface area contributed by atoms with Gasteiger partial charge in [0.1, 0.15) is 0 Å². The van der Waals surface area contributed by atoms with E-state index < -0.39 is 0 Å². The molecule has 1 atom stereocenters. The minimum Gasteiger partial charge on any atom is -0.341 e. The van der Waals surface area contributed by atoms with Crippen LogP contribution in [0.4, 0.5) is 0 Å². The SMILES string of the molecule is CN(C(=O)[C@H](N)C(C)(C)C)C1CCCC1. The summed E-state index contributed by atoms with van der Waals surface area (Å²) in [5, 5.41) is 0. The predicted octanol–water partition coefficient (Wildman–Crippen LogP) is 1.76. The molecule has 1 fully saturated rings. The average Bonchev–Trinajstić information content (AvgIpc) is 2.65. The molecule has 2 N–H and O–H groups in total. The Morgan fingerprint density at radius 1 is 1.33 bits per heavy atom. The van der Waals surface area contributed by atoms with Crippen molar-refractivity contribution in [3.8, 4) is 0 Å². The molecule has 0 spiro atoms. The molecule has 0 radical (unpaired) electrons. The third-order valence-electron chi connectivity index (χ3n) is 3.42. The van der Waals surface area contributed by atoms with Gasteiger partial charge < -0.3 is 10.6 Å². The zero-order chi connectivity index (χ0) is 11.6. The van der Waals surface area contributed by atoms with Gasteiger partial charge in [0.25, 0.3) is 0 Å². The van der Waals surface area contributed by atoms with E-state index in [9.17, 15) is 4.79 Å². The molecule has 88 valence electrons. The molecule has 0 heterocycles. The van der Waals surface area contributed by atoms with E-state index in [1.165, 1.54) is 12.8 Å². The van der Waals surface area contributed by atoms with Gasteiger partial charge in [-0.15, -0.1) is 0 Å². The van der Waals surface area contributed by atoms with E-state index >= 15 is 0 Å². The van der Waals surface area contributed by atoms with Crippen molar-refractivity contribution in [2.45, 2.75) is 58.5 Å². The maximum absolute atomic E-state index is 12.1. The summed E-state index contributed by atoms with van der Waals surface area (Å²) in [4.78, 5) is 13.9. The summed E-state index contributed by atoms with van der Waals surface area (Å²) < 4.78 is 0. The molecule has 1 aliphatic rings.